The lowest BCUT2D eigenvalue weighted by atomic mass is 10.2. The first-order chi connectivity index (χ1) is 13.8. The normalized spacial score (nSPS) is 20.2. The molecule has 2 aromatic carbocycles. The highest BCUT2D eigenvalue weighted by atomic mass is 32.2. The molecular formula is C20H24N3O5S+. The average molecular weight is 418 g/mol. The number of quaternary nitrogens is 1. The lowest BCUT2D eigenvalue weighted by Gasteiger charge is -2.17. The number of nitro groups is 1. The Kier molecular flexibility index (Phi) is 6.29. The number of sulfone groups is 1. The van der Waals surface area contributed by atoms with E-state index in [1.54, 1.807) is 0 Å². The number of hydrogen-bond donors (Lipinski definition) is 2. The zero-order chi connectivity index (χ0) is 21.0. The third-order valence-corrected chi connectivity index (χ3v) is 7.31. The predicted octanol–water partition coefficient (Wildman–Crippen LogP) is 0.731. The van der Waals surface area contributed by atoms with Crippen LogP contribution in [0.2, 0.25) is 0 Å². The van der Waals surface area contributed by atoms with Crippen molar-refractivity contribution in [2.24, 2.45) is 0 Å². The fraction of sp³-hybridized carbons (Fsp3) is 0.350. The predicted molar refractivity (Wildman–Crippen MR) is 107 cm³/mol. The van der Waals surface area contributed by atoms with Crippen molar-refractivity contribution in [2.75, 3.05) is 13.1 Å². The molecule has 2 N–H and O–H groups in total. The number of carbonyl (C=O) groups is 1. The van der Waals surface area contributed by atoms with E-state index in [0.717, 1.165) is 38.2 Å². The minimum Gasteiger partial charge on any atom is -0.346 e. The van der Waals surface area contributed by atoms with Gasteiger partial charge >= 0.3 is 0 Å². The van der Waals surface area contributed by atoms with Gasteiger partial charge in [0.2, 0.25) is 5.91 Å². The molecule has 0 bridgehead atoms. The van der Waals surface area contributed by atoms with Crippen LogP contribution in [0, 0.1) is 10.1 Å². The van der Waals surface area contributed by atoms with E-state index in [2.05, 4.69) is 17.4 Å². The van der Waals surface area contributed by atoms with Crippen molar-refractivity contribution in [1.29, 1.82) is 0 Å². The van der Waals surface area contributed by atoms with Gasteiger partial charge in [0.05, 0.1) is 29.0 Å². The molecule has 3 rings (SSSR count). The summed E-state index contributed by atoms with van der Waals surface area (Å²) in [5.41, 5.74) is 1.03. The zero-order valence-corrected chi connectivity index (χ0v) is 16.9. The highest BCUT2D eigenvalue weighted by Crippen LogP contribution is 2.20. The van der Waals surface area contributed by atoms with Crippen LogP contribution >= 0.6 is 0 Å². The van der Waals surface area contributed by atoms with E-state index in [9.17, 15) is 23.3 Å². The SMILES string of the molecule is C[C@@H](C(=O)N[C@@H]1CC[NH+](Cc2ccccc2)C1)S(=O)(=O)c1ccc([N+](=O)[O-])cc1. The van der Waals surface area contributed by atoms with E-state index in [0.29, 0.717) is 0 Å². The number of non-ortho nitro benzene ring substituents is 1. The highest BCUT2D eigenvalue weighted by molar-refractivity contribution is 7.92. The smallest absolute Gasteiger partial charge is 0.269 e. The molecule has 1 fully saturated rings. The van der Waals surface area contributed by atoms with Gasteiger partial charge in [0.25, 0.3) is 5.69 Å². The van der Waals surface area contributed by atoms with Gasteiger partial charge in [-0.05, 0) is 19.1 Å². The average Bonchev–Trinajstić information content (AvgIpc) is 3.14. The van der Waals surface area contributed by atoms with Crippen molar-refractivity contribution in [1.82, 2.24) is 5.32 Å². The number of amides is 1. The zero-order valence-electron chi connectivity index (χ0n) is 16.1. The Labute approximate surface area is 169 Å². The van der Waals surface area contributed by atoms with Gasteiger partial charge in [-0.2, -0.15) is 0 Å². The maximum atomic E-state index is 12.7. The number of rotatable bonds is 7. The monoisotopic (exact) mass is 418 g/mol. The quantitative estimate of drug-likeness (QED) is 0.509. The standard InChI is InChI=1S/C20H23N3O5S/c1-15(29(27,28)19-9-7-18(8-10-19)23(25)26)20(24)21-17-11-12-22(14-17)13-16-5-3-2-4-6-16/h2-10,15,17H,11-14H2,1H3,(H,21,24)/p+1/t15-,17+/m0/s1. The number of benzene rings is 2. The van der Waals surface area contributed by atoms with Gasteiger partial charge in [0.1, 0.15) is 11.8 Å². The summed E-state index contributed by atoms with van der Waals surface area (Å²) in [5, 5.41) is 12.3. The first-order valence-corrected chi connectivity index (χ1v) is 11.0. The molecular weight excluding hydrogens is 394 g/mol. The van der Waals surface area contributed by atoms with Gasteiger partial charge in [-0.1, -0.05) is 30.3 Å². The molecule has 1 saturated heterocycles. The summed E-state index contributed by atoms with van der Waals surface area (Å²) in [5.74, 6) is -0.547. The third-order valence-electron chi connectivity index (χ3n) is 5.24. The molecule has 3 atom stereocenters. The molecule has 8 nitrogen and oxygen atoms in total. The first-order valence-electron chi connectivity index (χ1n) is 9.43. The second kappa shape index (κ2) is 8.71. The molecule has 1 amide bonds. The van der Waals surface area contributed by atoms with Crippen LogP contribution in [0.3, 0.4) is 0 Å². The van der Waals surface area contributed by atoms with Crippen molar-refractivity contribution in [2.45, 2.75) is 36.1 Å². The molecule has 1 unspecified atom stereocenters. The van der Waals surface area contributed by atoms with E-state index in [1.807, 2.05) is 18.2 Å². The van der Waals surface area contributed by atoms with Crippen molar-refractivity contribution in [3.63, 3.8) is 0 Å². The van der Waals surface area contributed by atoms with Crippen molar-refractivity contribution < 1.29 is 23.0 Å². The molecule has 2 aromatic rings. The van der Waals surface area contributed by atoms with Gasteiger partial charge in [0.15, 0.2) is 9.84 Å². The summed E-state index contributed by atoms with van der Waals surface area (Å²) in [6.45, 7) is 3.85. The highest BCUT2D eigenvalue weighted by Gasteiger charge is 2.34. The lowest BCUT2D eigenvalue weighted by molar-refractivity contribution is -0.901. The van der Waals surface area contributed by atoms with Gasteiger partial charge in [0, 0.05) is 24.1 Å². The molecule has 0 aliphatic carbocycles. The number of nitro benzene ring substituents is 1. The second-order valence-electron chi connectivity index (χ2n) is 7.30. The maximum absolute atomic E-state index is 12.7. The molecule has 0 aromatic heterocycles. The summed E-state index contributed by atoms with van der Waals surface area (Å²) in [7, 11) is -3.93. The van der Waals surface area contributed by atoms with E-state index < -0.39 is 25.9 Å². The Morgan fingerprint density at radius 2 is 1.86 bits per heavy atom. The van der Waals surface area contributed by atoms with E-state index >= 15 is 0 Å². The minimum absolute atomic E-state index is 0.0734. The number of nitrogens with one attached hydrogen (secondary N) is 2. The van der Waals surface area contributed by atoms with Crippen LogP contribution in [0.4, 0.5) is 5.69 Å². The van der Waals surface area contributed by atoms with Crippen LogP contribution in [0.15, 0.2) is 59.5 Å². The topological polar surface area (TPSA) is 111 Å². The Bertz CT molecular complexity index is 977. The van der Waals surface area contributed by atoms with Crippen molar-refractivity contribution in [3.8, 4) is 0 Å². The number of hydrogen-bond acceptors (Lipinski definition) is 5. The number of likely N-dealkylation sites (tertiary alicyclic amines) is 1. The molecule has 1 aliphatic heterocycles. The molecule has 29 heavy (non-hydrogen) atoms. The van der Waals surface area contributed by atoms with Crippen molar-refractivity contribution >= 4 is 21.4 Å². The summed E-state index contributed by atoms with van der Waals surface area (Å²) in [6.07, 6.45) is 0.790. The van der Waals surface area contributed by atoms with Crippen LogP contribution in [0.5, 0.6) is 0 Å². The van der Waals surface area contributed by atoms with Gasteiger partial charge in [-0.25, -0.2) is 8.42 Å². The van der Waals surface area contributed by atoms with Crippen LogP contribution in [-0.4, -0.2) is 43.6 Å². The summed E-state index contributed by atoms with van der Waals surface area (Å²) in [6, 6.07) is 14.6. The molecule has 154 valence electrons. The molecule has 0 saturated carbocycles. The first kappa shape index (κ1) is 20.9. The lowest BCUT2D eigenvalue weighted by Crippen LogP contribution is -3.09. The largest absolute Gasteiger partial charge is 0.346 e. The molecule has 1 heterocycles. The Hall–Kier alpha value is -2.78. The molecule has 0 radical (unpaired) electrons. The van der Waals surface area contributed by atoms with Gasteiger partial charge in [-0.3, -0.25) is 14.9 Å². The fourth-order valence-electron chi connectivity index (χ4n) is 3.52. The maximum Gasteiger partial charge on any atom is 0.269 e. The minimum atomic E-state index is -3.93. The van der Waals surface area contributed by atoms with E-state index in [1.165, 1.54) is 29.5 Å². The molecule has 9 heteroatoms. The molecule has 0 spiro atoms. The van der Waals surface area contributed by atoms with Crippen LogP contribution in [-0.2, 0) is 21.2 Å². The Morgan fingerprint density at radius 1 is 1.21 bits per heavy atom. The van der Waals surface area contributed by atoms with Gasteiger partial charge < -0.3 is 10.2 Å². The van der Waals surface area contributed by atoms with Crippen molar-refractivity contribution in [3.05, 3.63) is 70.3 Å². The number of carbonyl (C=O) groups excluding carboxylic acids is 1. The summed E-state index contributed by atoms with van der Waals surface area (Å²) < 4.78 is 25.4. The van der Waals surface area contributed by atoms with Crippen LogP contribution in [0.1, 0.15) is 18.9 Å². The Morgan fingerprint density at radius 3 is 2.48 bits per heavy atom. The summed E-state index contributed by atoms with van der Waals surface area (Å²) in [4.78, 5) is 23.9. The van der Waals surface area contributed by atoms with E-state index in [4.69, 9.17) is 0 Å². The van der Waals surface area contributed by atoms with Gasteiger partial charge in [-0.15, -0.1) is 0 Å². The van der Waals surface area contributed by atoms with E-state index in [-0.39, 0.29) is 16.6 Å². The molecule has 1 aliphatic rings. The second-order valence-corrected chi connectivity index (χ2v) is 9.57. The number of nitrogens with zero attached hydrogens (tertiary/aromatic N) is 1. The van der Waals surface area contributed by atoms with Crippen LogP contribution < -0.4 is 10.2 Å². The fourth-order valence-corrected chi connectivity index (χ4v) is 4.79. The third kappa shape index (κ3) is 4.99. The Balaban J connectivity index is 1.59. The summed E-state index contributed by atoms with van der Waals surface area (Å²) >= 11 is 0. The van der Waals surface area contributed by atoms with Crippen LogP contribution in [0.25, 0.3) is 0 Å².